The molecule has 0 N–H and O–H groups in total. The minimum atomic E-state index is -3.96. The van der Waals surface area contributed by atoms with Crippen LogP contribution in [0.3, 0.4) is 0 Å². The van der Waals surface area contributed by atoms with Crippen molar-refractivity contribution in [1.29, 1.82) is 0 Å². The predicted octanol–water partition coefficient (Wildman–Crippen LogP) is 3.81. The van der Waals surface area contributed by atoms with Crippen molar-refractivity contribution in [2.45, 2.75) is 18.7 Å². The van der Waals surface area contributed by atoms with E-state index in [-0.39, 0.29) is 10.6 Å². The lowest BCUT2D eigenvalue weighted by atomic mass is 10.2. The highest BCUT2D eigenvalue weighted by molar-refractivity contribution is 7.87. The molecule has 0 aliphatic rings. The first-order valence-corrected chi connectivity index (χ1v) is 8.15. The first-order chi connectivity index (χ1) is 9.94. The number of hydrogen-bond acceptors (Lipinski definition) is 4. The van der Waals surface area contributed by atoms with E-state index in [1.54, 1.807) is 37.3 Å². The van der Waals surface area contributed by atoms with Crippen LogP contribution in [0.4, 0.5) is 0 Å². The fourth-order valence-corrected chi connectivity index (χ4v) is 2.90. The Labute approximate surface area is 129 Å². The molecule has 112 valence electrons. The molecule has 21 heavy (non-hydrogen) atoms. The van der Waals surface area contributed by atoms with Gasteiger partial charge in [0.25, 0.3) is 0 Å². The summed E-state index contributed by atoms with van der Waals surface area (Å²) in [6, 6.07) is 11.1. The third kappa shape index (κ3) is 3.68. The van der Waals surface area contributed by atoms with E-state index >= 15 is 0 Å². The standard InChI is InChI=1S/C15H15ClO4S/c1-3-19-14-6-4-5-7-15(14)20-21(17,18)12-9-8-11(2)13(16)10-12/h4-10H,3H2,1-2H3. The van der Waals surface area contributed by atoms with Gasteiger partial charge in [-0.25, -0.2) is 0 Å². The third-order valence-corrected chi connectivity index (χ3v) is 4.42. The van der Waals surface area contributed by atoms with Crippen molar-refractivity contribution in [3.8, 4) is 11.5 Å². The van der Waals surface area contributed by atoms with E-state index in [9.17, 15) is 8.42 Å². The lowest BCUT2D eigenvalue weighted by Gasteiger charge is -2.12. The Morgan fingerprint density at radius 2 is 1.76 bits per heavy atom. The van der Waals surface area contributed by atoms with Gasteiger partial charge in [-0.05, 0) is 43.7 Å². The molecule has 0 atom stereocenters. The van der Waals surface area contributed by atoms with E-state index in [1.807, 2.05) is 6.92 Å². The molecule has 0 saturated heterocycles. The van der Waals surface area contributed by atoms with Gasteiger partial charge in [-0.3, -0.25) is 0 Å². The van der Waals surface area contributed by atoms with Gasteiger partial charge in [0.1, 0.15) is 4.90 Å². The van der Waals surface area contributed by atoms with Gasteiger partial charge >= 0.3 is 10.1 Å². The molecule has 2 rings (SSSR count). The highest BCUT2D eigenvalue weighted by Gasteiger charge is 2.19. The van der Waals surface area contributed by atoms with E-state index in [1.165, 1.54) is 12.1 Å². The average Bonchev–Trinajstić information content (AvgIpc) is 2.44. The summed E-state index contributed by atoms with van der Waals surface area (Å²) in [6.07, 6.45) is 0. The summed E-state index contributed by atoms with van der Waals surface area (Å²) in [6.45, 7) is 4.02. The van der Waals surface area contributed by atoms with Gasteiger partial charge in [0.05, 0.1) is 6.61 Å². The van der Waals surface area contributed by atoms with Crippen LogP contribution >= 0.6 is 11.6 Å². The van der Waals surface area contributed by atoms with Gasteiger partial charge in [-0.1, -0.05) is 29.8 Å². The Morgan fingerprint density at radius 3 is 2.38 bits per heavy atom. The summed E-state index contributed by atoms with van der Waals surface area (Å²) in [4.78, 5) is 0.00408. The van der Waals surface area contributed by atoms with Crippen LogP contribution in [0.5, 0.6) is 11.5 Å². The van der Waals surface area contributed by atoms with Crippen molar-refractivity contribution in [3.05, 3.63) is 53.1 Å². The summed E-state index contributed by atoms with van der Waals surface area (Å²) in [5, 5.41) is 0.373. The molecule has 0 fully saturated rings. The molecule has 0 heterocycles. The first kappa shape index (κ1) is 15.7. The molecule has 2 aromatic carbocycles. The maximum Gasteiger partial charge on any atom is 0.339 e. The number of benzene rings is 2. The molecule has 0 aliphatic heterocycles. The van der Waals surface area contributed by atoms with Crippen LogP contribution in [-0.4, -0.2) is 15.0 Å². The summed E-state index contributed by atoms with van der Waals surface area (Å²) < 4.78 is 35.1. The third-order valence-electron chi connectivity index (χ3n) is 2.78. The Bertz CT molecular complexity index is 741. The van der Waals surface area contributed by atoms with Crippen LogP contribution in [-0.2, 0) is 10.1 Å². The van der Waals surface area contributed by atoms with E-state index in [2.05, 4.69) is 0 Å². The van der Waals surface area contributed by atoms with Gasteiger partial charge < -0.3 is 8.92 Å². The van der Waals surface area contributed by atoms with Crippen LogP contribution in [0.2, 0.25) is 5.02 Å². The molecule has 0 amide bonds. The molecule has 0 aliphatic carbocycles. The summed E-state index contributed by atoms with van der Waals surface area (Å²) in [7, 11) is -3.96. The molecular formula is C15H15ClO4S. The fraction of sp³-hybridized carbons (Fsp3) is 0.200. The second-order valence-corrected chi connectivity index (χ2v) is 6.28. The van der Waals surface area contributed by atoms with Gasteiger partial charge in [-0.15, -0.1) is 0 Å². The average molecular weight is 327 g/mol. The number of aryl methyl sites for hydroxylation is 1. The normalized spacial score (nSPS) is 11.2. The molecule has 4 nitrogen and oxygen atoms in total. The van der Waals surface area contributed by atoms with Gasteiger partial charge in [0.2, 0.25) is 0 Å². The number of halogens is 1. The smallest absolute Gasteiger partial charge is 0.339 e. The van der Waals surface area contributed by atoms with Gasteiger partial charge in [0.15, 0.2) is 11.5 Å². The Morgan fingerprint density at radius 1 is 1.10 bits per heavy atom. The molecule has 6 heteroatoms. The van der Waals surface area contributed by atoms with Crippen molar-refractivity contribution in [2.24, 2.45) is 0 Å². The van der Waals surface area contributed by atoms with Gasteiger partial charge in [-0.2, -0.15) is 8.42 Å². The minimum absolute atomic E-state index is 0.00408. The zero-order chi connectivity index (χ0) is 15.5. The Hall–Kier alpha value is -1.72. The van der Waals surface area contributed by atoms with Crippen LogP contribution in [0.15, 0.2) is 47.4 Å². The summed E-state index contributed by atoms with van der Waals surface area (Å²) >= 11 is 5.96. The minimum Gasteiger partial charge on any atom is -0.490 e. The van der Waals surface area contributed by atoms with Crippen LogP contribution in [0.1, 0.15) is 12.5 Å². The Balaban J connectivity index is 2.35. The largest absolute Gasteiger partial charge is 0.490 e. The monoisotopic (exact) mass is 326 g/mol. The SMILES string of the molecule is CCOc1ccccc1OS(=O)(=O)c1ccc(C)c(Cl)c1. The van der Waals surface area contributed by atoms with Gasteiger partial charge in [0, 0.05) is 5.02 Å². The van der Waals surface area contributed by atoms with Crippen molar-refractivity contribution in [1.82, 2.24) is 0 Å². The molecule has 0 spiro atoms. The van der Waals surface area contributed by atoms with Crippen molar-refractivity contribution in [3.63, 3.8) is 0 Å². The van der Waals surface area contributed by atoms with Crippen molar-refractivity contribution >= 4 is 21.7 Å². The quantitative estimate of drug-likeness (QED) is 0.784. The molecule has 2 aromatic rings. The second-order valence-electron chi connectivity index (χ2n) is 4.33. The molecule has 0 unspecified atom stereocenters. The number of ether oxygens (including phenoxy) is 1. The number of hydrogen-bond donors (Lipinski definition) is 0. The highest BCUT2D eigenvalue weighted by Crippen LogP contribution is 2.30. The maximum atomic E-state index is 12.3. The molecule has 0 aromatic heterocycles. The van der Waals surface area contributed by atoms with Crippen LogP contribution < -0.4 is 8.92 Å². The number of rotatable bonds is 5. The molecular weight excluding hydrogens is 312 g/mol. The Kier molecular flexibility index (Phi) is 4.75. The summed E-state index contributed by atoms with van der Waals surface area (Å²) in [5.74, 6) is 0.526. The van der Waals surface area contributed by atoms with Crippen molar-refractivity contribution < 1.29 is 17.3 Å². The molecule has 0 radical (unpaired) electrons. The first-order valence-electron chi connectivity index (χ1n) is 6.36. The van der Waals surface area contributed by atoms with Crippen LogP contribution in [0.25, 0.3) is 0 Å². The summed E-state index contributed by atoms with van der Waals surface area (Å²) in [5.41, 5.74) is 0.797. The number of para-hydroxylation sites is 2. The van der Waals surface area contributed by atoms with E-state index in [4.69, 9.17) is 20.5 Å². The molecule has 0 bridgehead atoms. The lowest BCUT2D eigenvalue weighted by molar-refractivity contribution is 0.327. The maximum absolute atomic E-state index is 12.3. The molecule has 0 saturated carbocycles. The second kappa shape index (κ2) is 6.37. The van der Waals surface area contributed by atoms with E-state index < -0.39 is 10.1 Å². The van der Waals surface area contributed by atoms with E-state index in [0.29, 0.717) is 17.4 Å². The highest BCUT2D eigenvalue weighted by atomic mass is 35.5. The van der Waals surface area contributed by atoms with E-state index in [0.717, 1.165) is 5.56 Å². The van der Waals surface area contributed by atoms with Crippen molar-refractivity contribution in [2.75, 3.05) is 6.61 Å². The van der Waals surface area contributed by atoms with Crippen LogP contribution in [0, 0.1) is 6.92 Å². The fourth-order valence-electron chi connectivity index (χ4n) is 1.69. The zero-order valence-electron chi connectivity index (χ0n) is 11.7. The lowest BCUT2D eigenvalue weighted by Crippen LogP contribution is -2.10. The zero-order valence-corrected chi connectivity index (χ0v) is 13.2. The topological polar surface area (TPSA) is 52.6 Å². The predicted molar refractivity (Wildman–Crippen MR) is 81.6 cm³/mol.